The Morgan fingerprint density at radius 1 is 1.56 bits per heavy atom. The summed E-state index contributed by atoms with van der Waals surface area (Å²) in [4.78, 5) is 0. The van der Waals surface area contributed by atoms with E-state index in [2.05, 4.69) is 5.43 Å². The highest BCUT2D eigenvalue weighted by Gasteiger charge is 2.09. The lowest BCUT2D eigenvalue weighted by molar-refractivity contribution is 0.316. The van der Waals surface area contributed by atoms with Gasteiger partial charge in [0.15, 0.2) is 0 Å². The van der Waals surface area contributed by atoms with Crippen LogP contribution in [0.15, 0.2) is 36.7 Å². The second kappa shape index (κ2) is 1.55. The van der Waals surface area contributed by atoms with Gasteiger partial charge in [0.25, 0.3) is 0 Å². The van der Waals surface area contributed by atoms with Gasteiger partial charge in [-0.15, -0.1) is 0 Å². The summed E-state index contributed by atoms with van der Waals surface area (Å²) in [6, 6.07) is 0. The van der Waals surface area contributed by atoms with E-state index in [1.807, 2.05) is 23.5 Å². The maximum Gasteiger partial charge on any atom is 0.116 e. The van der Waals surface area contributed by atoms with Crippen molar-refractivity contribution in [2.45, 2.75) is 0 Å². The van der Waals surface area contributed by atoms with Gasteiger partial charge in [0.05, 0.1) is 11.9 Å². The largest absolute Gasteiger partial charge is 0.469 e. The van der Waals surface area contributed by atoms with Crippen molar-refractivity contribution in [2.75, 3.05) is 0 Å². The van der Waals surface area contributed by atoms with Gasteiger partial charge in [-0.3, -0.25) is 5.01 Å². The van der Waals surface area contributed by atoms with E-state index < -0.39 is 0 Å². The first-order chi connectivity index (χ1) is 4.47. The predicted molar refractivity (Wildman–Crippen MR) is 32.4 cm³/mol. The second-order valence-electron chi connectivity index (χ2n) is 1.80. The standard InChI is InChI=1S/C6H6N2O/c1-2-7-8-3-4-9-5-6(1)8/h1-5,7H. The summed E-state index contributed by atoms with van der Waals surface area (Å²) in [5.41, 5.74) is 4.00. The minimum atomic E-state index is 1.03. The van der Waals surface area contributed by atoms with E-state index in [-0.39, 0.29) is 0 Å². The van der Waals surface area contributed by atoms with Gasteiger partial charge in [0.2, 0.25) is 0 Å². The molecule has 3 heteroatoms. The lowest BCUT2D eigenvalue weighted by atomic mass is 10.4. The van der Waals surface area contributed by atoms with Gasteiger partial charge >= 0.3 is 0 Å². The number of ether oxygens (including phenoxy) is 1. The number of nitrogens with one attached hydrogen (secondary N) is 1. The Bertz CT molecular complexity index is 205. The third kappa shape index (κ3) is 0.579. The molecule has 0 aromatic heterocycles. The number of hydrogen-bond donors (Lipinski definition) is 1. The van der Waals surface area contributed by atoms with Crippen molar-refractivity contribution >= 4 is 0 Å². The van der Waals surface area contributed by atoms with Crippen LogP contribution in [0.25, 0.3) is 0 Å². The summed E-state index contributed by atoms with van der Waals surface area (Å²) in [5.74, 6) is 0. The molecular formula is C6H6N2O. The number of fused-ring (bicyclic) bond motifs is 1. The molecule has 46 valence electrons. The van der Waals surface area contributed by atoms with E-state index in [1.165, 1.54) is 0 Å². The van der Waals surface area contributed by atoms with Gasteiger partial charge in [0, 0.05) is 6.20 Å². The average molecular weight is 122 g/mol. The maximum absolute atomic E-state index is 4.91. The first kappa shape index (κ1) is 4.49. The Morgan fingerprint density at radius 3 is 3.44 bits per heavy atom. The molecule has 0 aromatic rings. The average Bonchev–Trinajstić information content (AvgIpc) is 2.33. The summed E-state index contributed by atoms with van der Waals surface area (Å²) in [5, 5.41) is 1.86. The van der Waals surface area contributed by atoms with Crippen molar-refractivity contribution < 1.29 is 4.74 Å². The number of nitrogens with zero attached hydrogens (tertiary/aromatic N) is 1. The fourth-order valence-electron chi connectivity index (χ4n) is 0.788. The minimum absolute atomic E-state index is 1.03. The van der Waals surface area contributed by atoms with E-state index in [0.717, 1.165) is 5.70 Å². The highest BCUT2D eigenvalue weighted by Crippen LogP contribution is 2.13. The molecule has 0 fully saturated rings. The second-order valence-corrected chi connectivity index (χ2v) is 1.80. The molecule has 1 N–H and O–H groups in total. The molecular weight excluding hydrogens is 116 g/mol. The molecule has 2 aliphatic rings. The van der Waals surface area contributed by atoms with Crippen molar-refractivity contribution in [3.8, 4) is 0 Å². The normalized spacial score (nSPS) is 20.4. The van der Waals surface area contributed by atoms with Gasteiger partial charge in [-0.25, -0.2) is 0 Å². The van der Waals surface area contributed by atoms with E-state index >= 15 is 0 Å². The summed E-state index contributed by atoms with van der Waals surface area (Å²) >= 11 is 0. The zero-order valence-corrected chi connectivity index (χ0v) is 4.74. The Hall–Kier alpha value is -1.38. The molecule has 0 spiro atoms. The number of hydrazine groups is 1. The molecule has 9 heavy (non-hydrogen) atoms. The van der Waals surface area contributed by atoms with Gasteiger partial charge in [-0.05, 0) is 6.08 Å². The predicted octanol–water partition coefficient (Wildman–Crippen LogP) is 0.663. The van der Waals surface area contributed by atoms with Crippen LogP contribution in [0, 0.1) is 0 Å². The van der Waals surface area contributed by atoms with Crippen LogP contribution in [-0.2, 0) is 4.74 Å². The summed E-state index contributed by atoms with van der Waals surface area (Å²) in [6.07, 6.45) is 8.89. The Balaban J connectivity index is 2.29. The Kier molecular flexibility index (Phi) is 0.773. The highest BCUT2D eigenvalue weighted by molar-refractivity contribution is 5.23. The molecule has 0 saturated heterocycles. The molecule has 3 nitrogen and oxygen atoms in total. The van der Waals surface area contributed by atoms with Crippen LogP contribution >= 0.6 is 0 Å². The summed E-state index contributed by atoms with van der Waals surface area (Å²) in [6.45, 7) is 0. The van der Waals surface area contributed by atoms with E-state index in [9.17, 15) is 0 Å². The lowest BCUT2D eigenvalue weighted by Crippen LogP contribution is -2.23. The van der Waals surface area contributed by atoms with Crippen molar-refractivity contribution in [2.24, 2.45) is 0 Å². The molecule has 2 aliphatic heterocycles. The van der Waals surface area contributed by atoms with Gasteiger partial charge in [-0.2, -0.15) is 0 Å². The maximum atomic E-state index is 4.91. The molecule has 0 amide bonds. The van der Waals surface area contributed by atoms with Crippen molar-refractivity contribution in [1.82, 2.24) is 10.4 Å². The molecule has 2 rings (SSSR count). The van der Waals surface area contributed by atoms with Crippen LogP contribution in [-0.4, -0.2) is 5.01 Å². The SMILES string of the molecule is C1=CC2=COC=CN2N1. The smallest absolute Gasteiger partial charge is 0.116 e. The van der Waals surface area contributed by atoms with Crippen molar-refractivity contribution in [1.29, 1.82) is 0 Å². The fraction of sp³-hybridized carbons (Fsp3) is 0. The van der Waals surface area contributed by atoms with Crippen LogP contribution in [0.4, 0.5) is 0 Å². The number of hydrogen-bond acceptors (Lipinski definition) is 3. The van der Waals surface area contributed by atoms with Crippen LogP contribution < -0.4 is 5.43 Å². The quantitative estimate of drug-likeness (QED) is 0.511. The Morgan fingerprint density at radius 2 is 2.56 bits per heavy atom. The van der Waals surface area contributed by atoms with Crippen molar-refractivity contribution in [3.05, 3.63) is 36.7 Å². The zero-order chi connectivity index (χ0) is 6.10. The summed E-state index contributed by atoms with van der Waals surface area (Å²) in [7, 11) is 0. The minimum Gasteiger partial charge on any atom is -0.469 e. The van der Waals surface area contributed by atoms with Crippen LogP contribution in [0.2, 0.25) is 0 Å². The highest BCUT2D eigenvalue weighted by atomic mass is 16.5. The fourth-order valence-corrected chi connectivity index (χ4v) is 0.788. The molecule has 2 heterocycles. The van der Waals surface area contributed by atoms with Gasteiger partial charge in [-0.1, -0.05) is 0 Å². The molecule has 0 atom stereocenters. The monoisotopic (exact) mass is 122 g/mol. The third-order valence-corrected chi connectivity index (χ3v) is 1.22. The molecule has 0 aliphatic carbocycles. The zero-order valence-electron chi connectivity index (χ0n) is 4.74. The van der Waals surface area contributed by atoms with Gasteiger partial charge < -0.3 is 10.2 Å². The lowest BCUT2D eigenvalue weighted by Gasteiger charge is -2.16. The van der Waals surface area contributed by atoms with E-state index in [4.69, 9.17) is 4.74 Å². The van der Waals surface area contributed by atoms with E-state index in [1.54, 1.807) is 12.5 Å². The van der Waals surface area contributed by atoms with Crippen LogP contribution in [0.5, 0.6) is 0 Å². The molecule has 0 unspecified atom stereocenters. The summed E-state index contributed by atoms with van der Waals surface area (Å²) < 4.78 is 4.91. The molecule has 0 radical (unpaired) electrons. The number of allylic oxidation sites excluding steroid dienone is 1. The number of rotatable bonds is 0. The molecule has 0 aromatic carbocycles. The Labute approximate surface area is 52.9 Å². The van der Waals surface area contributed by atoms with Crippen LogP contribution in [0.1, 0.15) is 0 Å². The van der Waals surface area contributed by atoms with Crippen LogP contribution in [0.3, 0.4) is 0 Å². The topological polar surface area (TPSA) is 24.5 Å². The first-order valence-electron chi connectivity index (χ1n) is 2.71. The third-order valence-electron chi connectivity index (χ3n) is 1.22. The molecule has 0 saturated carbocycles. The first-order valence-corrected chi connectivity index (χ1v) is 2.71. The van der Waals surface area contributed by atoms with E-state index in [0.29, 0.717) is 0 Å². The van der Waals surface area contributed by atoms with Gasteiger partial charge in [0.1, 0.15) is 12.5 Å². The molecule has 0 bridgehead atoms. The van der Waals surface area contributed by atoms with Crippen molar-refractivity contribution in [3.63, 3.8) is 0 Å².